The molecule has 0 radical (unpaired) electrons. The SMILES string of the molecule is CN1CCc2ccc(NSc3c(Cl)nc4sccn34)cc2C1. The molecule has 3 heterocycles. The second kappa shape index (κ2) is 5.77. The minimum absolute atomic E-state index is 0.544. The minimum atomic E-state index is 0.544. The first-order chi connectivity index (χ1) is 10.7. The number of benzene rings is 1. The highest BCUT2D eigenvalue weighted by Gasteiger charge is 2.15. The summed E-state index contributed by atoms with van der Waals surface area (Å²) in [4.78, 5) is 7.61. The summed E-state index contributed by atoms with van der Waals surface area (Å²) in [6, 6.07) is 6.60. The van der Waals surface area contributed by atoms with Gasteiger partial charge in [-0.1, -0.05) is 17.7 Å². The van der Waals surface area contributed by atoms with E-state index in [0.29, 0.717) is 5.15 Å². The van der Waals surface area contributed by atoms with Gasteiger partial charge in [-0.05, 0) is 36.7 Å². The van der Waals surface area contributed by atoms with Crippen LogP contribution in [0.25, 0.3) is 4.96 Å². The summed E-state index contributed by atoms with van der Waals surface area (Å²) >= 11 is 9.30. The molecular weight excluding hydrogens is 336 g/mol. The predicted octanol–water partition coefficient (Wildman–Crippen LogP) is 4.16. The maximum absolute atomic E-state index is 6.22. The van der Waals surface area contributed by atoms with E-state index in [2.05, 4.69) is 39.9 Å². The Balaban J connectivity index is 1.55. The van der Waals surface area contributed by atoms with Crippen LogP contribution in [-0.4, -0.2) is 27.9 Å². The lowest BCUT2D eigenvalue weighted by molar-refractivity contribution is 0.313. The Morgan fingerprint density at radius 2 is 2.27 bits per heavy atom. The fourth-order valence-electron chi connectivity index (χ4n) is 2.70. The van der Waals surface area contributed by atoms with E-state index in [-0.39, 0.29) is 0 Å². The molecule has 114 valence electrons. The highest BCUT2D eigenvalue weighted by atomic mass is 35.5. The van der Waals surface area contributed by atoms with E-state index in [1.807, 2.05) is 16.0 Å². The van der Waals surface area contributed by atoms with Crippen LogP contribution in [0, 0.1) is 0 Å². The molecule has 7 heteroatoms. The van der Waals surface area contributed by atoms with Crippen LogP contribution in [0.3, 0.4) is 0 Å². The monoisotopic (exact) mass is 350 g/mol. The highest BCUT2D eigenvalue weighted by molar-refractivity contribution is 8.00. The van der Waals surface area contributed by atoms with Crippen molar-refractivity contribution in [3.8, 4) is 0 Å². The molecule has 0 amide bonds. The van der Waals surface area contributed by atoms with E-state index in [9.17, 15) is 0 Å². The van der Waals surface area contributed by atoms with Gasteiger partial charge in [0.2, 0.25) is 0 Å². The summed E-state index contributed by atoms with van der Waals surface area (Å²) in [5.41, 5.74) is 3.95. The van der Waals surface area contributed by atoms with Crippen molar-refractivity contribution in [2.45, 2.75) is 18.0 Å². The second-order valence-electron chi connectivity index (χ2n) is 5.44. The van der Waals surface area contributed by atoms with Gasteiger partial charge in [-0.25, -0.2) is 4.98 Å². The van der Waals surface area contributed by atoms with Gasteiger partial charge >= 0.3 is 0 Å². The molecule has 3 aromatic rings. The zero-order valence-electron chi connectivity index (χ0n) is 12.0. The van der Waals surface area contributed by atoms with Gasteiger partial charge in [-0.2, -0.15) is 0 Å². The normalized spacial score (nSPS) is 15.2. The first-order valence-electron chi connectivity index (χ1n) is 7.05. The maximum atomic E-state index is 6.22. The highest BCUT2D eigenvalue weighted by Crippen LogP contribution is 2.31. The Kier molecular flexibility index (Phi) is 3.78. The van der Waals surface area contributed by atoms with Gasteiger partial charge in [0.15, 0.2) is 10.1 Å². The van der Waals surface area contributed by atoms with E-state index in [0.717, 1.165) is 35.2 Å². The topological polar surface area (TPSA) is 32.6 Å². The van der Waals surface area contributed by atoms with Crippen molar-refractivity contribution in [1.82, 2.24) is 14.3 Å². The van der Waals surface area contributed by atoms with Gasteiger partial charge in [0.05, 0.1) is 0 Å². The molecule has 0 bridgehead atoms. The number of hydrogen-bond acceptors (Lipinski definition) is 5. The minimum Gasteiger partial charge on any atom is -0.324 e. The molecule has 0 fully saturated rings. The first kappa shape index (κ1) is 14.4. The third-order valence-corrected chi connectivity index (χ3v) is 5.91. The van der Waals surface area contributed by atoms with Crippen molar-refractivity contribution < 1.29 is 0 Å². The number of thiazole rings is 1. The second-order valence-corrected chi connectivity index (χ2v) is 7.46. The number of rotatable bonds is 3. The summed E-state index contributed by atoms with van der Waals surface area (Å²) in [5, 5.41) is 3.48. The molecule has 1 aliphatic rings. The molecule has 0 saturated carbocycles. The molecule has 0 atom stereocenters. The van der Waals surface area contributed by atoms with Crippen LogP contribution in [-0.2, 0) is 13.0 Å². The number of imidazole rings is 1. The van der Waals surface area contributed by atoms with E-state index in [1.165, 1.54) is 23.1 Å². The fourth-order valence-corrected chi connectivity index (χ4v) is 4.52. The van der Waals surface area contributed by atoms with E-state index in [4.69, 9.17) is 11.6 Å². The fraction of sp³-hybridized carbons (Fsp3) is 0.267. The van der Waals surface area contributed by atoms with Gasteiger partial charge in [0.25, 0.3) is 0 Å². The lowest BCUT2D eigenvalue weighted by Crippen LogP contribution is -2.26. The number of aromatic nitrogens is 2. The van der Waals surface area contributed by atoms with Crippen molar-refractivity contribution in [3.05, 3.63) is 46.1 Å². The summed E-state index contributed by atoms with van der Waals surface area (Å²) in [6.45, 7) is 2.15. The van der Waals surface area contributed by atoms with Gasteiger partial charge in [0, 0.05) is 42.3 Å². The number of fused-ring (bicyclic) bond motifs is 2. The lowest BCUT2D eigenvalue weighted by atomic mass is 10.00. The van der Waals surface area contributed by atoms with Gasteiger partial charge in [0.1, 0.15) is 5.03 Å². The van der Waals surface area contributed by atoms with Crippen LogP contribution in [0.4, 0.5) is 5.69 Å². The third kappa shape index (κ3) is 2.60. The molecule has 0 unspecified atom stereocenters. The standard InChI is InChI=1S/C15H15ClN4S2/c1-19-5-4-10-2-3-12(8-11(10)9-19)18-22-14-13(16)17-15-20(14)6-7-21-15/h2-3,6-8,18H,4-5,9H2,1H3. The molecular formula is C15H15ClN4S2. The zero-order valence-corrected chi connectivity index (χ0v) is 14.4. The van der Waals surface area contributed by atoms with Crippen LogP contribution in [0.1, 0.15) is 11.1 Å². The number of halogens is 1. The molecule has 2 aromatic heterocycles. The Morgan fingerprint density at radius 3 is 3.18 bits per heavy atom. The molecule has 22 heavy (non-hydrogen) atoms. The third-order valence-electron chi connectivity index (χ3n) is 3.85. The Morgan fingerprint density at radius 1 is 1.36 bits per heavy atom. The van der Waals surface area contributed by atoms with E-state index < -0.39 is 0 Å². The number of nitrogens with one attached hydrogen (secondary N) is 1. The van der Waals surface area contributed by atoms with Crippen molar-refractivity contribution in [2.75, 3.05) is 18.3 Å². The van der Waals surface area contributed by atoms with Crippen molar-refractivity contribution in [3.63, 3.8) is 0 Å². The number of nitrogens with zero attached hydrogens (tertiary/aromatic N) is 3. The van der Waals surface area contributed by atoms with Crippen molar-refractivity contribution >= 4 is 45.5 Å². The molecule has 4 rings (SSSR count). The zero-order chi connectivity index (χ0) is 15.1. The molecule has 0 saturated heterocycles. The summed E-state index contributed by atoms with van der Waals surface area (Å²) in [7, 11) is 2.16. The summed E-state index contributed by atoms with van der Waals surface area (Å²) in [6.07, 6.45) is 3.12. The van der Waals surface area contributed by atoms with Crippen LogP contribution >= 0.6 is 34.9 Å². The largest absolute Gasteiger partial charge is 0.324 e. The number of hydrogen-bond donors (Lipinski definition) is 1. The quantitative estimate of drug-likeness (QED) is 0.719. The Labute approximate surface area is 142 Å². The molecule has 4 nitrogen and oxygen atoms in total. The Bertz CT molecular complexity index is 826. The first-order valence-corrected chi connectivity index (χ1v) is 9.12. The maximum Gasteiger partial charge on any atom is 0.196 e. The average Bonchev–Trinajstić information content (AvgIpc) is 3.05. The lowest BCUT2D eigenvalue weighted by Gasteiger charge is -2.25. The van der Waals surface area contributed by atoms with Crippen LogP contribution in [0.15, 0.2) is 34.8 Å². The van der Waals surface area contributed by atoms with Crippen molar-refractivity contribution in [1.29, 1.82) is 0 Å². The smallest absolute Gasteiger partial charge is 0.196 e. The van der Waals surface area contributed by atoms with Crippen LogP contribution in [0.5, 0.6) is 0 Å². The summed E-state index contributed by atoms with van der Waals surface area (Å²) in [5.74, 6) is 0. The van der Waals surface area contributed by atoms with Gasteiger partial charge in [-0.15, -0.1) is 11.3 Å². The van der Waals surface area contributed by atoms with E-state index in [1.54, 1.807) is 11.3 Å². The van der Waals surface area contributed by atoms with Crippen LogP contribution in [0.2, 0.25) is 5.15 Å². The van der Waals surface area contributed by atoms with Crippen molar-refractivity contribution in [2.24, 2.45) is 0 Å². The molecule has 0 aliphatic carbocycles. The van der Waals surface area contributed by atoms with Gasteiger partial charge < -0.3 is 9.62 Å². The number of anilines is 1. The Hall–Kier alpha value is -1.21. The average molecular weight is 351 g/mol. The molecule has 0 spiro atoms. The molecule has 1 N–H and O–H groups in total. The van der Waals surface area contributed by atoms with Crippen LogP contribution < -0.4 is 4.72 Å². The van der Waals surface area contributed by atoms with Gasteiger partial charge in [-0.3, -0.25) is 4.40 Å². The summed E-state index contributed by atoms with van der Waals surface area (Å²) < 4.78 is 5.40. The molecule has 1 aliphatic heterocycles. The number of likely N-dealkylation sites (N-methyl/N-ethyl adjacent to an activating group) is 1. The predicted molar refractivity (Wildman–Crippen MR) is 94.0 cm³/mol. The van der Waals surface area contributed by atoms with E-state index >= 15 is 0 Å². The molecule has 1 aromatic carbocycles.